The first-order valence-corrected chi connectivity index (χ1v) is 8.99. The van der Waals surface area contributed by atoms with Crippen molar-refractivity contribution < 1.29 is 4.79 Å². The monoisotopic (exact) mass is 347 g/mol. The second kappa shape index (κ2) is 7.04. The Hall–Kier alpha value is -3.08. The standard InChI is InChI=1S/C21H21N3O2/c25-20-17-6-2-3-7-19(17)22-14-18(20)21(26)23-15-8-10-16(11-9-15)24-12-4-1-5-13-24/h2-3,6-11,14H,1,4-5,12-13H2,(H,22,25)(H,23,26). The zero-order valence-electron chi connectivity index (χ0n) is 14.5. The van der Waals surface area contributed by atoms with Gasteiger partial charge >= 0.3 is 0 Å². The molecule has 1 aliphatic rings. The van der Waals surface area contributed by atoms with Crippen molar-refractivity contribution in [2.24, 2.45) is 0 Å². The molecular weight excluding hydrogens is 326 g/mol. The molecule has 0 spiro atoms. The van der Waals surface area contributed by atoms with Crippen molar-refractivity contribution in [3.8, 4) is 0 Å². The van der Waals surface area contributed by atoms with Crippen molar-refractivity contribution in [3.05, 3.63) is 70.5 Å². The van der Waals surface area contributed by atoms with E-state index in [-0.39, 0.29) is 11.0 Å². The van der Waals surface area contributed by atoms with Gasteiger partial charge in [-0.1, -0.05) is 12.1 Å². The van der Waals surface area contributed by atoms with Gasteiger partial charge in [0.15, 0.2) is 0 Å². The Labute approximate surface area is 151 Å². The summed E-state index contributed by atoms with van der Waals surface area (Å²) in [5.74, 6) is -0.400. The highest BCUT2D eigenvalue weighted by atomic mass is 16.2. The number of carbonyl (C=O) groups excluding carboxylic acids is 1. The molecule has 0 saturated carbocycles. The Morgan fingerprint density at radius 1 is 0.962 bits per heavy atom. The number of nitrogens with zero attached hydrogens (tertiary/aromatic N) is 1. The number of rotatable bonds is 3. The molecule has 1 saturated heterocycles. The molecular formula is C21H21N3O2. The highest BCUT2D eigenvalue weighted by molar-refractivity contribution is 6.05. The number of nitrogens with one attached hydrogen (secondary N) is 2. The predicted octanol–water partition coefficient (Wildman–Crippen LogP) is 3.77. The summed E-state index contributed by atoms with van der Waals surface area (Å²) < 4.78 is 0. The summed E-state index contributed by atoms with van der Waals surface area (Å²) in [6.45, 7) is 2.16. The van der Waals surface area contributed by atoms with Gasteiger partial charge in [-0.3, -0.25) is 9.59 Å². The number of benzene rings is 2. The molecule has 0 aliphatic carbocycles. The van der Waals surface area contributed by atoms with E-state index in [2.05, 4.69) is 15.2 Å². The van der Waals surface area contributed by atoms with Crippen LogP contribution in [0.2, 0.25) is 0 Å². The van der Waals surface area contributed by atoms with E-state index < -0.39 is 5.91 Å². The lowest BCUT2D eigenvalue weighted by Gasteiger charge is -2.28. The quantitative estimate of drug-likeness (QED) is 0.758. The highest BCUT2D eigenvalue weighted by Crippen LogP contribution is 2.22. The summed E-state index contributed by atoms with van der Waals surface area (Å²) >= 11 is 0. The van der Waals surface area contributed by atoms with E-state index in [1.54, 1.807) is 12.1 Å². The Bertz CT molecular complexity index is 986. The number of para-hydroxylation sites is 1. The van der Waals surface area contributed by atoms with E-state index >= 15 is 0 Å². The minimum absolute atomic E-state index is 0.115. The van der Waals surface area contributed by atoms with Gasteiger partial charge in [0.1, 0.15) is 5.56 Å². The lowest BCUT2D eigenvalue weighted by Crippen LogP contribution is -2.29. The number of H-pyrrole nitrogens is 1. The molecule has 4 rings (SSSR count). The second-order valence-electron chi connectivity index (χ2n) is 6.63. The first kappa shape index (κ1) is 16.4. The fourth-order valence-corrected chi connectivity index (χ4v) is 3.44. The minimum Gasteiger partial charge on any atom is -0.372 e. The third kappa shape index (κ3) is 3.20. The van der Waals surface area contributed by atoms with Gasteiger partial charge in [-0.05, 0) is 55.7 Å². The van der Waals surface area contributed by atoms with Gasteiger partial charge in [-0.25, -0.2) is 0 Å². The van der Waals surface area contributed by atoms with Crippen molar-refractivity contribution in [1.29, 1.82) is 0 Å². The predicted molar refractivity (Wildman–Crippen MR) is 105 cm³/mol. The van der Waals surface area contributed by atoms with Crippen LogP contribution in [0.5, 0.6) is 0 Å². The van der Waals surface area contributed by atoms with Gasteiger partial charge in [0.25, 0.3) is 5.91 Å². The van der Waals surface area contributed by atoms with Gasteiger partial charge in [-0.2, -0.15) is 0 Å². The molecule has 5 nitrogen and oxygen atoms in total. The lowest BCUT2D eigenvalue weighted by molar-refractivity contribution is 0.102. The fourth-order valence-electron chi connectivity index (χ4n) is 3.44. The second-order valence-corrected chi connectivity index (χ2v) is 6.63. The summed E-state index contributed by atoms with van der Waals surface area (Å²) in [6.07, 6.45) is 5.22. The van der Waals surface area contributed by atoms with Crippen LogP contribution in [-0.2, 0) is 0 Å². The zero-order chi connectivity index (χ0) is 17.9. The molecule has 5 heteroatoms. The maximum atomic E-state index is 12.5. The first-order chi connectivity index (χ1) is 12.7. The Morgan fingerprint density at radius 2 is 1.69 bits per heavy atom. The van der Waals surface area contributed by atoms with Crippen molar-refractivity contribution in [2.75, 3.05) is 23.3 Å². The third-order valence-corrected chi connectivity index (χ3v) is 4.88. The minimum atomic E-state index is -0.400. The van der Waals surface area contributed by atoms with Gasteiger partial charge in [0, 0.05) is 41.6 Å². The first-order valence-electron chi connectivity index (χ1n) is 8.99. The molecule has 2 N–H and O–H groups in total. The smallest absolute Gasteiger partial charge is 0.261 e. The van der Waals surface area contributed by atoms with Crippen LogP contribution >= 0.6 is 0 Å². The summed E-state index contributed by atoms with van der Waals surface area (Å²) in [4.78, 5) is 30.4. The van der Waals surface area contributed by atoms with E-state index in [1.165, 1.54) is 31.1 Å². The van der Waals surface area contributed by atoms with Crippen LogP contribution in [-0.4, -0.2) is 24.0 Å². The molecule has 1 fully saturated rings. The summed E-state index contributed by atoms with van der Waals surface area (Å²) in [5.41, 5.74) is 2.43. The number of amides is 1. The van der Waals surface area contributed by atoms with Gasteiger partial charge < -0.3 is 15.2 Å². The Kier molecular flexibility index (Phi) is 4.44. The van der Waals surface area contributed by atoms with Crippen molar-refractivity contribution >= 4 is 28.2 Å². The van der Waals surface area contributed by atoms with E-state index in [4.69, 9.17) is 0 Å². The molecule has 2 aromatic carbocycles. The molecule has 132 valence electrons. The maximum Gasteiger partial charge on any atom is 0.261 e. The highest BCUT2D eigenvalue weighted by Gasteiger charge is 2.14. The Morgan fingerprint density at radius 3 is 2.46 bits per heavy atom. The number of carbonyl (C=O) groups is 1. The molecule has 1 amide bonds. The van der Waals surface area contributed by atoms with Crippen molar-refractivity contribution in [3.63, 3.8) is 0 Å². The number of aromatic nitrogens is 1. The van der Waals surface area contributed by atoms with E-state index in [1.807, 2.05) is 36.4 Å². The third-order valence-electron chi connectivity index (χ3n) is 4.88. The number of fused-ring (bicyclic) bond motifs is 1. The van der Waals surface area contributed by atoms with Crippen LogP contribution in [0.25, 0.3) is 10.9 Å². The number of pyridine rings is 1. The molecule has 1 aromatic heterocycles. The van der Waals surface area contributed by atoms with Crippen LogP contribution in [0, 0.1) is 0 Å². The van der Waals surface area contributed by atoms with E-state index in [9.17, 15) is 9.59 Å². The average Bonchev–Trinajstić information content (AvgIpc) is 2.69. The average molecular weight is 347 g/mol. The normalized spacial score (nSPS) is 14.4. The maximum absolute atomic E-state index is 12.5. The number of anilines is 2. The van der Waals surface area contributed by atoms with Gasteiger partial charge in [-0.15, -0.1) is 0 Å². The van der Waals surface area contributed by atoms with E-state index in [0.29, 0.717) is 11.1 Å². The van der Waals surface area contributed by atoms with Crippen molar-refractivity contribution in [2.45, 2.75) is 19.3 Å². The largest absolute Gasteiger partial charge is 0.372 e. The molecule has 0 unspecified atom stereocenters. The molecule has 0 bridgehead atoms. The Balaban J connectivity index is 1.53. The lowest BCUT2D eigenvalue weighted by atomic mass is 10.1. The van der Waals surface area contributed by atoms with Gasteiger partial charge in [0.05, 0.1) is 0 Å². The van der Waals surface area contributed by atoms with Crippen LogP contribution in [0.4, 0.5) is 11.4 Å². The molecule has 1 aliphatic heterocycles. The summed E-state index contributed by atoms with van der Waals surface area (Å²) in [7, 11) is 0. The summed E-state index contributed by atoms with van der Waals surface area (Å²) in [6, 6.07) is 15.0. The number of piperidine rings is 1. The van der Waals surface area contributed by atoms with Crippen LogP contribution in [0.1, 0.15) is 29.6 Å². The number of aromatic amines is 1. The zero-order valence-corrected chi connectivity index (χ0v) is 14.5. The van der Waals surface area contributed by atoms with Crippen LogP contribution < -0.4 is 15.6 Å². The van der Waals surface area contributed by atoms with Crippen LogP contribution in [0.3, 0.4) is 0 Å². The van der Waals surface area contributed by atoms with Crippen molar-refractivity contribution in [1.82, 2.24) is 4.98 Å². The van der Waals surface area contributed by atoms with Crippen LogP contribution in [0.15, 0.2) is 59.5 Å². The summed E-state index contributed by atoms with van der Waals surface area (Å²) in [5, 5.41) is 3.33. The topological polar surface area (TPSA) is 65.2 Å². The fraction of sp³-hybridized carbons (Fsp3) is 0.238. The SMILES string of the molecule is O=C(Nc1ccc(N2CCCCC2)cc1)c1c[nH]c2ccccc2c1=O. The molecule has 2 heterocycles. The molecule has 0 radical (unpaired) electrons. The molecule has 3 aromatic rings. The number of hydrogen-bond donors (Lipinski definition) is 2. The van der Waals surface area contributed by atoms with Gasteiger partial charge in [0.2, 0.25) is 5.43 Å². The van der Waals surface area contributed by atoms with E-state index in [0.717, 1.165) is 18.6 Å². The number of hydrogen-bond acceptors (Lipinski definition) is 3. The molecule has 0 atom stereocenters. The molecule has 26 heavy (non-hydrogen) atoms.